The Balaban J connectivity index is 0.00000240. The van der Waals surface area contributed by atoms with Crippen LogP contribution in [0.5, 0.6) is 0 Å². The van der Waals surface area contributed by atoms with Crippen LogP contribution in [-0.2, 0) is 33.5 Å². The fourth-order valence-electron chi connectivity index (χ4n) is 4.35. The lowest BCUT2D eigenvalue weighted by Gasteiger charge is -2.37. The second kappa shape index (κ2) is 7.65. The van der Waals surface area contributed by atoms with Gasteiger partial charge in [0.2, 0.25) is 0 Å². The van der Waals surface area contributed by atoms with E-state index in [0.29, 0.717) is 55.6 Å². The minimum atomic E-state index is -4.43. The van der Waals surface area contributed by atoms with Crippen LogP contribution in [0.2, 0.25) is 0 Å². The summed E-state index contributed by atoms with van der Waals surface area (Å²) in [7, 11) is 0. The molecule has 1 N–H and O–H groups in total. The number of nitrogens with zero attached hydrogens (tertiary/aromatic N) is 1. The molecule has 4 rings (SSSR count). The minimum absolute atomic E-state index is 0. The van der Waals surface area contributed by atoms with E-state index in [9.17, 15) is 22.8 Å². The van der Waals surface area contributed by atoms with Gasteiger partial charge in [0.15, 0.2) is 0 Å². The Morgan fingerprint density at radius 1 is 1.21 bits per heavy atom. The Bertz CT molecular complexity index is 876. The zero-order valence-electron chi connectivity index (χ0n) is 15.9. The number of nitrogens with one attached hydrogen (secondary N) is 1. The number of rotatable bonds is 1. The van der Waals surface area contributed by atoms with E-state index < -0.39 is 23.3 Å². The molecule has 5 nitrogen and oxygen atoms in total. The summed E-state index contributed by atoms with van der Waals surface area (Å²) >= 11 is 0. The first-order valence-electron chi connectivity index (χ1n) is 9.35. The fourth-order valence-corrected chi connectivity index (χ4v) is 4.35. The van der Waals surface area contributed by atoms with Crippen molar-refractivity contribution in [3.05, 3.63) is 46.0 Å². The van der Waals surface area contributed by atoms with E-state index in [4.69, 9.17) is 4.74 Å². The Labute approximate surface area is 172 Å². The molecule has 1 saturated heterocycles. The molecule has 1 aromatic carbocycles. The van der Waals surface area contributed by atoms with Crippen molar-refractivity contribution in [1.29, 1.82) is 0 Å². The Hall–Kier alpha value is -2.06. The monoisotopic (exact) mass is 430 g/mol. The molecule has 29 heavy (non-hydrogen) atoms. The molecule has 3 heterocycles. The van der Waals surface area contributed by atoms with E-state index in [1.165, 1.54) is 11.0 Å². The molecule has 0 saturated carbocycles. The van der Waals surface area contributed by atoms with Gasteiger partial charge in [-0.25, -0.2) is 4.79 Å². The van der Waals surface area contributed by atoms with Crippen LogP contribution in [0.25, 0.3) is 0 Å². The molecule has 0 aromatic heterocycles. The van der Waals surface area contributed by atoms with Gasteiger partial charge >= 0.3 is 12.1 Å². The molecule has 1 aromatic rings. The highest BCUT2D eigenvalue weighted by Crippen LogP contribution is 2.41. The number of carbonyl (C=O) groups is 2. The quantitative estimate of drug-likeness (QED) is 0.696. The average Bonchev–Trinajstić information content (AvgIpc) is 2.89. The number of alkyl halides is 3. The molecule has 1 amide bonds. The molecule has 1 spiro atoms. The summed E-state index contributed by atoms with van der Waals surface area (Å²) in [5, 5.41) is 3.19. The van der Waals surface area contributed by atoms with Crippen LogP contribution in [0.15, 0.2) is 29.3 Å². The average molecular weight is 431 g/mol. The van der Waals surface area contributed by atoms with Gasteiger partial charge in [-0.05, 0) is 49.7 Å². The van der Waals surface area contributed by atoms with Gasteiger partial charge in [-0.15, -0.1) is 12.4 Å². The van der Waals surface area contributed by atoms with Crippen molar-refractivity contribution < 1.29 is 27.5 Å². The van der Waals surface area contributed by atoms with Gasteiger partial charge in [-0.3, -0.25) is 4.79 Å². The van der Waals surface area contributed by atoms with Crippen molar-refractivity contribution in [2.45, 2.75) is 44.5 Å². The molecule has 0 bridgehead atoms. The van der Waals surface area contributed by atoms with Crippen LogP contribution in [0.3, 0.4) is 0 Å². The van der Waals surface area contributed by atoms with Crippen molar-refractivity contribution in [2.24, 2.45) is 0 Å². The maximum atomic E-state index is 13.3. The minimum Gasteiger partial charge on any atom is -0.450 e. The Morgan fingerprint density at radius 2 is 1.90 bits per heavy atom. The van der Waals surface area contributed by atoms with Gasteiger partial charge in [-0.2, -0.15) is 13.2 Å². The number of amides is 1. The molecular formula is C20H22ClF3N2O3. The lowest BCUT2D eigenvalue weighted by Crippen LogP contribution is -2.48. The fraction of sp³-hybridized carbons (Fsp3) is 0.500. The summed E-state index contributed by atoms with van der Waals surface area (Å²) in [6, 6.07) is 3.68. The largest absolute Gasteiger partial charge is 0.450 e. The summed E-state index contributed by atoms with van der Waals surface area (Å²) in [5.74, 6) is -0.796. The topological polar surface area (TPSA) is 58.6 Å². The predicted octanol–water partition coefficient (Wildman–Crippen LogP) is 3.01. The molecule has 3 aliphatic rings. The number of ether oxygens (including phenoxy) is 1. The highest BCUT2D eigenvalue weighted by atomic mass is 35.5. The zero-order chi connectivity index (χ0) is 20.1. The molecule has 9 heteroatoms. The van der Waals surface area contributed by atoms with Crippen molar-refractivity contribution in [3.8, 4) is 0 Å². The van der Waals surface area contributed by atoms with Crippen LogP contribution in [0, 0.1) is 0 Å². The van der Waals surface area contributed by atoms with Crippen LogP contribution < -0.4 is 5.32 Å². The Morgan fingerprint density at radius 3 is 2.55 bits per heavy atom. The van der Waals surface area contributed by atoms with E-state index in [0.717, 1.165) is 17.7 Å². The summed E-state index contributed by atoms with van der Waals surface area (Å²) < 4.78 is 44.7. The first-order valence-corrected chi connectivity index (χ1v) is 9.35. The van der Waals surface area contributed by atoms with E-state index in [1.54, 1.807) is 6.92 Å². The van der Waals surface area contributed by atoms with Crippen molar-refractivity contribution >= 4 is 24.3 Å². The lowest BCUT2D eigenvalue weighted by atomic mass is 9.82. The molecule has 3 aliphatic heterocycles. The first kappa shape index (κ1) is 21.6. The molecule has 1 fully saturated rings. The number of fused-ring (bicyclic) bond motifs is 1. The second-order valence-electron chi connectivity index (χ2n) is 7.59. The van der Waals surface area contributed by atoms with Gasteiger partial charge in [0.05, 0.1) is 11.1 Å². The third kappa shape index (κ3) is 3.75. The number of benzene rings is 1. The second-order valence-corrected chi connectivity index (χ2v) is 7.59. The predicted molar refractivity (Wildman–Crippen MR) is 101 cm³/mol. The highest BCUT2D eigenvalue weighted by Gasteiger charge is 2.50. The van der Waals surface area contributed by atoms with Crippen LogP contribution in [0.4, 0.5) is 13.2 Å². The summed E-state index contributed by atoms with van der Waals surface area (Å²) in [4.78, 5) is 27.1. The number of hydrogen-bond acceptors (Lipinski definition) is 4. The number of piperidine rings is 1. The maximum Gasteiger partial charge on any atom is 0.416 e. The molecule has 0 aliphatic carbocycles. The van der Waals surface area contributed by atoms with Crippen molar-refractivity contribution in [2.75, 3.05) is 19.6 Å². The van der Waals surface area contributed by atoms with Gasteiger partial charge in [0.1, 0.15) is 5.60 Å². The van der Waals surface area contributed by atoms with Gasteiger partial charge in [0.25, 0.3) is 5.91 Å². The van der Waals surface area contributed by atoms with E-state index in [-0.39, 0.29) is 24.9 Å². The van der Waals surface area contributed by atoms with E-state index in [2.05, 4.69) is 5.32 Å². The lowest BCUT2D eigenvalue weighted by molar-refractivity contribution is -0.149. The molecule has 0 radical (unpaired) electrons. The summed E-state index contributed by atoms with van der Waals surface area (Å²) in [5.41, 5.74) is 0.356. The van der Waals surface area contributed by atoms with Gasteiger partial charge in [-0.1, -0.05) is 6.07 Å². The van der Waals surface area contributed by atoms with E-state index >= 15 is 0 Å². The van der Waals surface area contributed by atoms with E-state index in [1.807, 2.05) is 0 Å². The number of esters is 1. The van der Waals surface area contributed by atoms with Crippen LogP contribution in [-0.4, -0.2) is 42.0 Å². The maximum absolute atomic E-state index is 13.3. The Kier molecular flexibility index (Phi) is 5.71. The third-order valence-corrected chi connectivity index (χ3v) is 5.88. The highest BCUT2D eigenvalue weighted by molar-refractivity contribution is 6.07. The standard InChI is InChI=1S/C20H21F3N2O3.ClH/c1-12-16(19(28-18(12)27)5-7-24-8-6-19)17(26)25-9-4-13-2-3-15(20(21,22)23)10-14(13)11-25;/h2-3,10,24H,4-9,11H2,1H3;1H. The summed E-state index contributed by atoms with van der Waals surface area (Å²) in [6.45, 7) is 3.35. The first-order chi connectivity index (χ1) is 13.2. The van der Waals surface area contributed by atoms with Gasteiger partial charge in [0, 0.05) is 31.5 Å². The van der Waals surface area contributed by atoms with Gasteiger partial charge < -0.3 is 15.0 Å². The zero-order valence-corrected chi connectivity index (χ0v) is 16.7. The normalized spacial score (nSPS) is 21.0. The number of carbonyl (C=O) groups excluding carboxylic acids is 2. The molecule has 0 atom stereocenters. The third-order valence-electron chi connectivity index (χ3n) is 5.88. The number of hydrogen-bond donors (Lipinski definition) is 1. The van der Waals surface area contributed by atoms with Crippen molar-refractivity contribution in [3.63, 3.8) is 0 Å². The number of halogens is 4. The van der Waals surface area contributed by atoms with Crippen molar-refractivity contribution in [1.82, 2.24) is 10.2 Å². The summed E-state index contributed by atoms with van der Waals surface area (Å²) in [6.07, 6.45) is -2.92. The van der Waals surface area contributed by atoms with Crippen LogP contribution in [0.1, 0.15) is 36.5 Å². The molecule has 158 valence electrons. The molecule has 0 unspecified atom stereocenters. The SMILES string of the molecule is CC1=C(C(=O)N2CCc3ccc(C(F)(F)F)cc3C2)C2(CCNCC2)OC1=O.Cl. The van der Waals surface area contributed by atoms with Crippen LogP contribution >= 0.6 is 12.4 Å². The molecular weight excluding hydrogens is 409 g/mol. The smallest absolute Gasteiger partial charge is 0.416 e.